The first kappa shape index (κ1) is 17.0. The predicted octanol–water partition coefficient (Wildman–Crippen LogP) is 1.62. The molecule has 2 heterocycles. The standard InChI is InChI=1S/C19H24N4O3/c24-16-9-15(10-16)19(14-3-4-17-13(8-14)5-7-26-17)22-18(25)2-1-6-23-12-20-11-21-23/h3-4,8,11-12,15-16,19,24H,1-2,5-7,9-10H2,(H,22,25)/t15?,16?,19-/m0/s1. The smallest absolute Gasteiger partial charge is 0.220 e. The molecular formula is C19H24N4O3. The molecule has 1 aromatic carbocycles. The molecule has 0 unspecified atom stereocenters. The summed E-state index contributed by atoms with van der Waals surface area (Å²) in [5, 5.41) is 16.9. The number of ether oxygens (including phenoxy) is 1. The minimum atomic E-state index is -0.246. The van der Waals surface area contributed by atoms with E-state index in [9.17, 15) is 9.90 Å². The number of carbonyl (C=O) groups excluding carboxylic acids is 1. The Bertz CT molecular complexity index is 756. The number of fused-ring (bicyclic) bond motifs is 1. The maximum Gasteiger partial charge on any atom is 0.220 e. The van der Waals surface area contributed by atoms with Gasteiger partial charge in [-0.2, -0.15) is 5.10 Å². The molecule has 26 heavy (non-hydrogen) atoms. The second-order valence-electron chi connectivity index (χ2n) is 7.16. The van der Waals surface area contributed by atoms with Crippen molar-refractivity contribution in [2.24, 2.45) is 5.92 Å². The molecule has 1 atom stereocenters. The van der Waals surface area contributed by atoms with Gasteiger partial charge in [0.1, 0.15) is 18.4 Å². The number of rotatable bonds is 7. The highest BCUT2D eigenvalue weighted by atomic mass is 16.5. The molecule has 7 heteroatoms. The lowest BCUT2D eigenvalue weighted by molar-refractivity contribution is -0.123. The molecule has 138 valence electrons. The lowest BCUT2D eigenvalue weighted by Crippen LogP contribution is -2.41. The van der Waals surface area contributed by atoms with Crippen LogP contribution in [0.3, 0.4) is 0 Å². The monoisotopic (exact) mass is 356 g/mol. The Morgan fingerprint density at radius 1 is 1.42 bits per heavy atom. The second-order valence-corrected chi connectivity index (χ2v) is 7.16. The Balaban J connectivity index is 1.39. The quantitative estimate of drug-likeness (QED) is 0.787. The van der Waals surface area contributed by atoms with E-state index in [1.165, 1.54) is 11.9 Å². The number of hydrogen-bond donors (Lipinski definition) is 2. The Labute approximate surface area is 152 Å². The Hall–Kier alpha value is -2.41. The Morgan fingerprint density at radius 2 is 2.31 bits per heavy atom. The van der Waals surface area contributed by atoms with Crippen molar-refractivity contribution in [1.82, 2.24) is 20.1 Å². The molecule has 2 aliphatic rings. The maximum absolute atomic E-state index is 12.5. The van der Waals surface area contributed by atoms with Crippen LogP contribution in [-0.4, -0.2) is 38.5 Å². The topological polar surface area (TPSA) is 89.3 Å². The van der Waals surface area contributed by atoms with Crippen molar-refractivity contribution in [3.05, 3.63) is 42.0 Å². The number of aliphatic hydroxyl groups is 1. The van der Waals surface area contributed by atoms with E-state index in [1.807, 2.05) is 12.1 Å². The molecule has 0 bridgehead atoms. The van der Waals surface area contributed by atoms with Gasteiger partial charge in [0.25, 0.3) is 0 Å². The molecular weight excluding hydrogens is 332 g/mol. The second kappa shape index (κ2) is 7.45. The number of carbonyl (C=O) groups is 1. The van der Waals surface area contributed by atoms with Crippen LogP contribution in [0.2, 0.25) is 0 Å². The fourth-order valence-electron chi connectivity index (χ4n) is 3.77. The van der Waals surface area contributed by atoms with Gasteiger partial charge in [-0.3, -0.25) is 9.48 Å². The van der Waals surface area contributed by atoms with Crippen LogP contribution in [0.4, 0.5) is 0 Å². The number of aliphatic hydroxyl groups excluding tert-OH is 1. The van der Waals surface area contributed by atoms with Gasteiger partial charge < -0.3 is 15.2 Å². The molecule has 0 saturated heterocycles. The molecule has 1 aliphatic heterocycles. The summed E-state index contributed by atoms with van der Waals surface area (Å²) >= 11 is 0. The average molecular weight is 356 g/mol. The number of hydrogen-bond acceptors (Lipinski definition) is 5. The third kappa shape index (κ3) is 3.72. The summed E-state index contributed by atoms with van der Waals surface area (Å²) < 4.78 is 7.31. The van der Waals surface area contributed by atoms with Crippen molar-refractivity contribution < 1.29 is 14.6 Å². The molecule has 2 aromatic rings. The van der Waals surface area contributed by atoms with E-state index in [4.69, 9.17) is 4.74 Å². The number of aryl methyl sites for hydroxylation is 1. The zero-order chi connectivity index (χ0) is 17.9. The zero-order valence-electron chi connectivity index (χ0n) is 14.7. The highest BCUT2D eigenvalue weighted by Gasteiger charge is 2.36. The average Bonchev–Trinajstić information content (AvgIpc) is 3.28. The summed E-state index contributed by atoms with van der Waals surface area (Å²) in [6.45, 7) is 1.40. The third-order valence-corrected chi connectivity index (χ3v) is 5.27. The van der Waals surface area contributed by atoms with Gasteiger partial charge in [0.2, 0.25) is 5.91 Å². The van der Waals surface area contributed by atoms with Crippen LogP contribution in [0.15, 0.2) is 30.9 Å². The lowest BCUT2D eigenvalue weighted by Gasteiger charge is -2.38. The number of benzene rings is 1. The van der Waals surface area contributed by atoms with E-state index < -0.39 is 0 Å². The van der Waals surface area contributed by atoms with Crippen LogP contribution in [0.5, 0.6) is 5.75 Å². The van der Waals surface area contributed by atoms with E-state index in [0.29, 0.717) is 19.4 Å². The highest BCUT2D eigenvalue weighted by molar-refractivity contribution is 5.76. The van der Waals surface area contributed by atoms with E-state index >= 15 is 0 Å². The molecule has 7 nitrogen and oxygen atoms in total. The molecule has 0 radical (unpaired) electrons. The van der Waals surface area contributed by atoms with Crippen molar-refractivity contribution in [1.29, 1.82) is 0 Å². The molecule has 1 aromatic heterocycles. The van der Waals surface area contributed by atoms with Crippen LogP contribution in [-0.2, 0) is 17.8 Å². The van der Waals surface area contributed by atoms with E-state index in [-0.39, 0.29) is 24.0 Å². The van der Waals surface area contributed by atoms with Crippen LogP contribution >= 0.6 is 0 Å². The van der Waals surface area contributed by atoms with Gasteiger partial charge >= 0.3 is 0 Å². The van der Waals surface area contributed by atoms with Crippen LogP contribution < -0.4 is 10.1 Å². The van der Waals surface area contributed by atoms with Gasteiger partial charge in [0, 0.05) is 19.4 Å². The van der Waals surface area contributed by atoms with Crippen molar-refractivity contribution in [3.63, 3.8) is 0 Å². The minimum absolute atomic E-state index is 0.0354. The number of nitrogens with zero attached hydrogens (tertiary/aromatic N) is 3. The summed E-state index contributed by atoms with van der Waals surface area (Å²) in [6, 6.07) is 6.13. The van der Waals surface area contributed by atoms with Crippen molar-refractivity contribution >= 4 is 5.91 Å². The molecule has 2 N–H and O–H groups in total. The van der Waals surface area contributed by atoms with Crippen molar-refractivity contribution in [2.45, 2.75) is 50.8 Å². The van der Waals surface area contributed by atoms with Crippen molar-refractivity contribution in [2.75, 3.05) is 6.61 Å². The normalized spacial score (nSPS) is 22.2. The van der Waals surface area contributed by atoms with Gasteiger partial charge in [-0.05, 0) is 48.4 Å². The fraction of sp³-hybridized carbons (Fsp3) is 0.526. The zero-order valence-corrected chi connectivity index (χ0v) is 14.7. The van der Waals surface area contributed by atoms with E-state index in [2.05, 4.69) is 21.5 Å². The molecule has 1 amide bonds. The first-order chi connectivity index (χ1) is 12.7. The van der Waals surface area contributed by atoms with E-state index in [1.54, 1.807) is 11.0 Å². The largest absolute Gasteiger partial charge is 0.493 e. The summed E-state index contributed by atoms with van der Waals surface area (Å²) in [5.41, 5.74) is 2.31. The highest BCUT2D eigenvalue weighted by Crippen LogP contribution is 2.39. The number of amides is 1. The van der Waals surface area contributed by atoms with Gasteiger partial charge in [-0.15, -0.1) is 0 Å². The number of aromatic nitrogens is 3. The molecule has 1 fully saturated rings. The fourth-order valence-corrected chi connectivity index (χ4v) is 3.77. The molecule has 4 rings (SSSR count). The van der Waals surface area contributed by atoms with Gasteiger partial charge in [0.05, 0.1) is 18.8 Å². The summed E-state index contributed by atoms with van der Waals surface area (Å²) in [7, 11) is 0. The summed E-state index contributed by atoms with van der Waals surface area (Å²) in [6.07, 6.45) is 6.44. The Kier molecular flexibility index (Phi) is 4.88. The SMILES string of the molecule is O=C(CCCn1cncn1)N[C@@H](c1ccc2c(c1)CCO2)C1CC(O)C1. The van der Waals surface area contributed by atoms with E-state index in [0.717, 1.165) is 37.2 Å². The third-order valence-electron chi connectivity index (χ3n) is 5.27. The van der Waals surface area contributed by atoms with Crippen LogP contribution in [0, 0.1) is 5.92 Å². The first-order valence-electron chi connectivity index (χ1n) is 9.24. The van der Waals surface area contributed by atoms with Crippen LogP contribution in [0.25, 0.3) is 0 Å². The molecule has 1 saturated carbocycles. The lowest BCUT2D eigenvalue weighted by atomic mass is 9.74. The summed E-state index contributed by atoms with van der Waals surface area (Å²) in [4.78, 5) is 16.4. The molecule has 0 spiro atoms. The number of nitrogens with one attached hydrogen (secondary N) is 1. The Morgan fingerprint density at radius 3 is 3.08 bits per heavy atom. The van der Waals surface area contributed by atoms with Gasteiger partial charge in [-0.1, -0.05) is 6.07 Å². The maximum atomic E-state index is 12.5. The first-order valence-corrected chi connectivity index (χ1v) is 9.24. The van der Waals surface area contributed by atoms with Crippen LogP contribution in [0.1, 0.15) is 42.9 Å². The van der Waals surface area contributed by atoms with Gasteiger partial charge in [0.15, 0.2) is 0 Å². The minimum Gasteiger partial charge on any atom is -0.493 e. The predicted molar refractivity (Wildman–Crippen MR) is 94.5 cm³/mol. The van der Waals surface area contributed by atoms with Gasteiger partial charge in [-0.25, -0.2) is 4.98 Å². The summed E-state index contributed by atoms with van der Waals surface area (Å²) in [5.74, 6) is 1.26. The van der Waals surface area contributed by atoms with Crippen molar-refractivity contribution in [3.8, 4) is 5.75 Å². The molecule has 1 aliphatic carbocycles.